The lowest BCUT2D eigenvalue weighted by atomic mass is 10.1. The predicted octanol–water partition coefficient (Wildman–Crippen LogP) is 2.48. The average Bonchev–Trinajstić information content (AvgIpc) is 2.82. The van der Waals surface area contributed by atoms with Crippen molar-refractivity contribution in [3.05, 3.63) is 23.8 Å². The molecule has 0 atom stereocenters. The van der Waals surface area contributed by atoms with Gasteiger partial charge in [-0.25, -0.2) is 8.42 Å². The Bertz CT molecular complexity index is 357. The van der Waals surface area contributed by atoms with Crippen molar-refractivity contribution in [2.45, 2.75) is 37.9 Å². The van der Waals surface area contributed by atoms with E-state index in [4.69, 9.17) is 0 Å². The minimum absolute atomic E-state index is 0.546. The Labute approximate surface area is 86.6 Å². The molecule has 1 fully saturated rings. The van der Waals surface area contributed by atoms with E-state index in [2.05, 4.69) is 0 Å². The second-order valence-corrected chi connectivity index (χ2v) is 6.16. The molecule has 0 aromatic heterocycles. The molecule has 1 aliphatic rings. The monoisotopic (exact) mass is 214 g/mol. The SMILES string of the molecule is CC=CC(=CCC)C1(S(C)(=O)=O)CC1. The van der Waals surface area contributed by atoms with E-state index in [0.717, 1.165) is 24.8 Å². The summed E-state index contributed by atoms with van der Waals surface area (Å²) in [5.74, 6) is 0. The van der Waals surface area contributed by atoms with Crippen LogP contribution in [0.5, 0.6) is 0 Å². The molecule has 0 unspecified atom stereocenters. The van der Waals surface area contributed by atoms with Crippen LogP contribution < -0.4 is 0 Å². The zero-order chi connectivity index (χ0) is 10.8. The molecule has 0 bridgehead atoms. The first-order chi connectivity index (χ1) is 6.48. The van der Waals surface area contributed by atoms with E-state index in [0.29, 0.717) is 0 Å². The van der Waals surface area contributed by atoms with Gasteiger partial charge in [-0.1, -0.05) is 25.2 Å². The van der Waals surface area contributed by atoms with E-state index in [-0.39, 0.29) is 0 Å². The van der Waals surface area contributed by atoms with E-state index >= 15 is 0 Å². The molecule has 80 valence electrons. The van der Waals surface area contributed by atoms with Crippen LogP contribution in [-0.4, -0.2) is 19.4 Å². The van der Waals surface area contributed by atoms with Gasteiger partial charge in [0.15, 0.2) is 9.84 Å². The maximum atomic E-state index is 11.6. The van der Waals surface area contributed by atoms with Crippen molar-refractivity contribution in [3.63, 3.8) is 0 Å². The molecule has 3 heteroatoms. The molecule has 1 aliphatic carbocycles. The van der Waals surface area contributed by atoms with Crippen molar-refractivity contribution in [3.8, 4) is 0 Å². The molecule has 1 rings (SSSR count). The van der Waals surface area contributed by atoms with Crippen LogP contribution in [0.15, 0.2) is 23.8 Å². The first-order valence-corrected chi connectivity index (χ1v) is 6.90. The quantitative estimate of drug-likeness (QED) is 0.674. The van der Waals surface area contributed by atoms with Crippen LogP contribution in [0.2, 0.25) is 0 Å². The molecule has 0 saturated heterocycles. The van der Waals surface area contributed by atoms with Crippen LogP contribution in [0.3, 0.4) is 0 Å². The summed E-state index contributed by atoms with van der Waals surface area (Å²) in [6, 6.07) is 0. The maximum Gasteiger partial charge on any atom is 0.157 e. The van der Waals surface area contributed by atoms with Crippen molar-refractivity contribution in [1.29, 1.82) is 0 Å². The average molecular weight is 214 g/mol. The van der Waals surface area contributed by atoms with Gasteiger partial charge in [0.1, 0.15) is 0 Å². The second kappa shape index (κ2) is 3.89. The highest BCUT2D eigenvalue weighted by Crippen LogP contribution is 2.49. The molecular weight excluding hydrogens is 196 g/mol. The zero-order valence-electron chi connectivity index (χ0n) is 9.08. The highest BCUT2D eigenvalue weighted by Gasteiger charge is 2.53. The van der Waals surface area contributed by atoms with E-state index in [1.165, 1.54) is 6.26 Å². The fourth-order valence-corrected chi connectivity index (χ4v) is 3.22. The Morgan fingerprint density at radius 3 is 2.29 bits per heavy atom. The number of hydrogen-bond donors (Lipinski definition) is 0. The summed E-state index contributed by atoms with van der Waals surface area (Å²) >= 11 is 0. The van der Waals surface area contributed by atoms with E-state index < -0.39 is 14.6 Å². The van der Waals surface area contributed by atoms with E-state index in [1.54, 1.807) is 0 Å². The minimum Gasteiger partial charge on any atom is -0.228 e. The first-order valence-electron chi connectivity index (χ1n) is 5.01. The Morgan fingerprint density at radius 2 is 2.00 bits per heavy atom. The molecule has 0 aromatic carbocycles. The van der Waals surface area contributed by atoms with Crippen LogP contribution >= 0.6 is 0 Å². The van der Waals surface area contributed by atoms with Crippen LogP contribution in [-0.2, 0) is 9.84 Å². The van der Waals surface area contributed by atoms with Crippen molar-refractivity contribution in [2.24, 2.45) is 0 Å². The van der Waals surface area contributed by atoms with Gasteiger partial charge in [-0.3, -0.25) is 0 Å². The van der Waals surface area contributed by atoms with Gasteiger partial charge in [0.05, 0.1) is 4.75 Å². The minimum atomic E-state index is -2.95. The Balaban J connectivity index is 3.07. The second-order valence-electron chi connectivity index (χ2n) is 3.83. The molecule has 1 saturated carbocycles. The molecule has 0 spiro atoms. The summed E-state index contributed by atoms with van der Waals surface area (Å²) in [5, 5.41) is 0. The summed E-state index contributed by atoms with van der Waals surface area (Å²) in [6.45, 7) is 3.95. The lowest BCUT2D eigenvalue weighted by molar-refractivity contribution is 0.591. The molecule has 0 aromatic rings. The summed E-state index contributed by atoms with van der Waals surface area (Å²) in [4.78, 5) is 0. The van der Waals surface area contributed by atoms with Crippen LogP contribution in [0.4, 0.5) is 0 Å². The Hall–Kier alpha value is -0.570. The molecule has 2 nitrogen and oxygen atoms in total. The highest BCUT2D eigenvalue weighted by atomic mass is 32.2. The standard InChI is InChI=1S/C11H18O2S/c1-4-6-10(7-5-2)11(8-9-11)14(3,12)13/h4,6-7H,5,8-9H2,1-3H3. The van der Waals surface area contributed by atoms with Crippen LogP contribution in [0, 0.1) is 0 Å². The van der Waals surface area contributed by atoms with Gasteiger partial charge in [0.25, 0.3) is 0 Å². The molecular formula is C11H18O2S. The summed E-state index contributed by atoms with van der Waals surface area (Å²) < 4.78 is 22.7. The normalized spacial score (nSPS) is 21.5. The van der Waals surface area contributed by atoms with Gasteiger partial charge in [0, 0.05) is 6.26 Å². The third-order valence-electron chi connectivity index (χ3n) is 2.71. The molecule has 0 aliphatic heterocycles. The summed E-state index contributed by atoms with van der Waals surface area (Å²) in [6.07, 6.45) is 9.65. The van der Waals surface area contributed by atoms with Gasteiger partial charge >= 0.3 is 0 Å². The third kappa shape index (κ3) is 1.92. The van der Waals surface area contributed by atoms with Crippen LogP contribution in [0.25, 0.3) is 0 Å². The summed E-state index contributed by atoms with van der Waals surface area (Å²) in [7, 11) is -2.95. The predicted molar refractivity (Wildman–Crippen MR) is 60.0 cm³/mol. The van der Waals surface area contributed by atoms with E-state index in [1.807, 2.05) is 32.1 Å². The van der Waals surface area contributed by atoms with Gasteiger partial charge < -0.3 is 0 Å². The lowest BCUT2D eigenvalue weighted by Gasteiger charge is -2.14. The van der Waals surface area contributed by atoms with E-state index in [9.17, 15) is 8.42 Å². The largest absolute Gasteiger partial charge is 0.228 e. The first kappa shape index (κ1) is 11.5. The van der Waals surface area contributed by atoms with Crippen molar-refractivity contribution in [1.82, 2.24) is 0 Å². The summed E-state index contributed by atoms with van der Waals surface area (Å²) in [5.41, 5.74) is 0.977. The highest BCUT2D eigenvalue weighted by molar-refractivity contribution is 7.92. The van der Waals surface area contributed by atoms with Crippen molar-refractivity contribution < 1.29 is 8.42 Å². The van der Waals surface area contributed by atoms with Gasteiger partial charge in [-0.05, 0) is 31.8 Å². The smallest absolute Gasteiger partial charge is 0.157 e. The van der Waals surface area contributed by atoms with Gasteiger partial charge in [-0.15, -0.1) is 0 Å². The molecule has 0 radical (unpaired) electrons. The fraction of sp³-hybridized carbons (Fsp3) is 0.636. The molecule has 0 amide bonds. The molecule has 0 heterocycles. The Kier molecular flexibility index (Phi) is 3.20. The van der Waals surface area contributed by atoms with Gasteiger partial charge in [-0.2, -0.15) is 0 Å². The van der Waals surface area contributed by atoms with Crippen molar-refractivity contribution >= 4 is 9.84 Å². The topological polar surface area (TPSA) is 34.1 Å². The Morgan fingerprint density at radius 1 is 1.43 bits per heavy atom. The zero-order valence-corrected chi connectivity index (χ0v) is 9.89. The molecule has 14 heavy (non-hydrogen) atoms. The third-order valence-corrected chi connectivity index (χ3v) is 4.77. The fourth-order valence-electron chi connectivity index (χ4n) is 1.79. The van der Waals surface area contributed by atoms with Crippen LogP contribution in [0.1, 0.15) is 33.1 Å². The number of rotatable bonds is 4. The lowest BCUT2D eigenvalue weighted by Crippen LogP contribution is -2.23. The number of sulfone groups is 1. The molecule has 0 N–H and O–H groups in total. The van der Waals surface area contributed by atoms with Crippen molar-refractivity contribution in [2.75, 3.05) is 6.26 Å². The maximum absolute atomic E-state index is 11.6. The number of allylic oxidation sites excluding steroid dienone is 3. The van der Waals surface area contributed by atoms with Gasteiger partial charge in [0.2, 0.25) is 0 Å². The number of hydrogen-bond acceptors (Lipinski definition) is 2.